The van der Waals surface area contributed by atoms with Gasteiger partial charge in [-0.05, 0) is 25.1 Å². The Morgan fingerprint density at radius 1 is 1.32 bits per heavy atom. The minimum Gasteiger partial charge on any atom is -0.497 e. The van der Waals surface area contributed by atoms with Crippen LogP contribution in [0.5, 0.6) is 11.5 Å². The highest BCUT2D eigenvalue weighted by Gasteiger charge is 2.13. The fourth-order valence-corrected chi connectivity index (χ4v) is 1.98. The minimum absolute atomic E-state index is 0.513. The average Bonchev–Trinajstić information content (AvgIpc) is 2.79. The Labute approximate surface area is 111 Å². The Balaban J connectivity index is 2.38. The predicted octanol–water partition coefficient (Wildman–Crippen LogP) is 2.14. The molecule has 100 valence electrons. The Bertz CT molecular complexity index is 590. The molecule has 2 aromatic rings. The summed E-state index contributed by atoms with van der Waals surface area (Å²) in [5.74, 6) is 1.49. The van der Waals surface area contributed by atoms with E-state index in [0.29, 0.717) is 17.7 Å². The topological polar surface area (TPSA) is 64.2 Å². The predicted molar refractivity (Wildman–Crippen MR) is 71.1 cm³/mol. The van der Waals surface area contributed by atoms with Crippen molar-refractivity contribution in [2.75, 3.05) is 14.2 Å². The zero-order valence-electron chi connectivity index (χ0n) is 11.2. The van der Waals surface area contributed by atoms with Crippen LogP contribution in [-0.2, 0) is 6.42 Å². The summed E-state index contributed by atoms with van der Waals surface area (Å²) in [5, 5.41) is 6.98. The van der Waals surface area contributed by atoms with Crippen LogP contribution < -0.4 is 9.47 Å². The standard InChI is InChI=1S/C14H16N2O3/c1-9-12(8-17)13(16-15-9)7-10-6-11(18-2)4-5-14(10)19-3/h4-6,8H,7H2,1-3H3,(H,15,16). The highest BCUT2D eigenvalue weighted by atomic mass is 16.5. The number of carbonyl (C=O) groups is 1. The van der Waals surface area contributed by atoms with Gasteiger partial charge >= 0.3 is 0 Å². The average molecular weight is 260 g/mol. The van der Waals surface area contributed by atoms with Crippen LogP contribution in [0.1, 0.15) is 27.3 Å². The summed E-state index contributed by atoms with van der Waals surface area (Å²) in [4.78, 5) is 11.1. The van der Waals surface area contributed by atoms with Crippen molar-refractivity contribution in [3.8, 4) is 11.5 Å². The van der Waals surface area contributed by atoms with Crippen LogP contribution in [-0.4, -0.2) is 30.7 Å². The van der Waals surface area contributed by atoms with Gasteiger partial charge in [0.2, 0.25) is 0 Å². The molecule has 1 heterocycles. The number of H-pyrrole nitrogens is 1. The number of aldehydes is 1. The van der Waals surface area contributed by atoms with Crippen LogP contribution in [0.4, 0.5) is 0 Å². The lowest BCUT2D eigenvalue weighted by atomic mass is 10.0. The number of methoxy groups -OCH3 is 2. The summed E-state index contributed by atoms with van der Waals surface area (Å²) in [7, 11) is 3.23. The smallest absolute Gasteiger partial charge is 0.153 e. The molecular weight excluding hydrogens is 244 g/mol. The van der Waals surface area contributed by atoms with Crippen molar-refractivity contribution in [2.45, 2.75) is 13.3 Å². The SMILES string of the molecule is COc1ccc(OC)c(Cc2n[nH]c(C)c2C=O)c1. The van der Waals surface area contributed by atoms with Crippen LogP contribution in [0.25, 0.3) is 0 Å². The zero-order chi connectivity index (χ0) is 13.8. The third-order valence-corrected chi connectivity index (χ3v) is 3.04. The van der Waals surface area contributed by atoms with Crippen LogP contribution in [0.2, 0.25) is 0 Å². The van der Waals surface area contributed by atoms with Crippen molar-refractivity contribution < 1.29 is 14.3 Å². The molecule has 5 heteroatoms. The lowest BCUT2D eigenvalue weighted by molar-refractivity contribution is 0.112. The number of hydrogen-bond acceptors (Lipinski definition) is 4. The first-order chi connectivity index (χ1) is 9.19. The lowest BCUT2D eigenvalue weighted by Gasteiger charge is -2.09. The maximum absolute atomic E-state index is 11.1. The van der Waals surface area contributed by atoms with Crippen molar-refractivity contribution in [3.05, 3.63) is 40.7 Å². The molecule has 0 aliphatic heterocycles. The molecule has 0 unspecified atom stereocenters. The normalized spacial score (nSPS) is 10.3. The molecule has 5 nitrogen and oxygen atoms in total. The Morgan fingerprint density at radius 3 is 2.74 bits per heavy atom. The van der Waals surface area contributed by atoms with Crippen molar-refractivity contribution in [2.24, 2.45) is 0 Å². The van der Waals surface area contributed by atoms with Gasteiger partial charge in [0, 0.05) is 17.7 Å². The van der Waals surface area contributed by atoms with Gasteiger partial charge in [-0.25, -0.2) is 0 Å². The molecular formula is C14H16N2O3. The number of benzene rings is 1. The van der Waals surface area contributed by atoms with E-state index in [4.69, 9.17) is 9.47 Å². The van der Waals surface area contributed by atoms with E-state index in [9.17, 15) is 4.79 Å². The van der Waals surface area contributed by atoms with E-state index in [2.05, 4.69) is 10.2 Å². The van der Waals surface area contributed by atoms with Gasteiger partial charge in [-0.1, -0.05) is 0 Å². The highest BCUT2D eigenvalue weighted by Crippen LogP contribution is 2.26. The summed E-state index contributed by atoms with van der Waals surface area (Å²) in [6.45, 7) is 1.82. The molecule has 1 N–H and O–H groups in total. The first-order valence-corrected chi connectivity index (χ1v) is 5.89. The van der Waals surface area contributed by atoms with Crippen molar-refractivity contribution >= 4 is 6.29 Å². The van der Waals surface area contributed by atoms with Crippen molar-refractivity contribution in [1.29, 1.82) is 0 Å². The first-order valence-electron chi connectivity index (χ1n) is 5.89. The van der Waals surface area contributed by atoms with Gasteiger partial charge in [-0.15, -0.1) is 0 Å². The van der Waals surface area contributed by atoms with Gasteiger partial charge in [0.15, 0.2) is 6.29 Å². The van der Waals surface area contributed by atoms with E-state index >= 15 is 0 Å². The van der Waals surface area contributed by atoms with E-state index < -0.39 is 0 Å². The molecule has 0 fully saturated rings. The molecule has 0 aliphatic rings. The minimum atomic E-state index is 0.513. The molecule has 0 radical (unpaired) electrons. The number of carbonyl (C=O) groups excluding carboxylic acids is 1. The van der Waals surface area contributed by atoms with Gasteiger partial charge in [0.25, 0.3) is 0 Å². The second kappa shape index (κ2) is 5.56. The maximum atomic E-state index is 11.1. The van der Waals surface area contributed by atoms with E-state index in [1.54, 1.807) is 14.2 Å². The first kappa shape index (κ1) is 13.1. The summed E-state index contributed by atoms with van der Waals surface area (Å²) < 4.78 is 10.5. The summed E-state index contributed by atoms with van der Waals surface area (Å²) in [6, 6.07) is 5.56. The zero-order valence-corrected chi connectivity index (χ0v) is 11.2. The molecule has 0 aliphatic carbocycles. The number of aryl methyl sites for hydroxylation is 1. The number of nitrogens with one attached hydrogen (secondary N) is 1. The van der Waals surface area contributed by atoms with Crippen LogP contribution in [0.3, 0.4) is 0 Å². The second-order valence-corrected chi connectivity index (χ2v) is 4.18. The van der Waals surface area contributed by atoms with Gasteiger partial charge < -0.3 is 9.47 Å². The molecule has 2 rings (SSSR count). The van der Waals surface area contributed by atoms with Crippen LogP contribution >= 0.6 is 0 Å². The molecule has 1 aromatic heterocycles. The summed E-state index contributed by atoms with van der Waals surface area (Å²) in [5.41, 5.74) is 3.01. The Kier molecular flexibility index (Phi) is 3.85. The van der Waals surface area contributed by atoms with Gasteiger partial charge in [-0.2, -0.15) is 5.10 Å². The Morgan fingerprint density at radius 2 is 2.11 bits per heavy atom. The third-order valence-electron chi connectivity index (χ3n) is 3.04. The van der Waals surface area contributed by atoms with Gasteiger partial charge in [0.05, 0.1) is 25.5 Å². The van der Waals surface area contributed by atoms with Crippen LogP contribution in [0.15, 0.2) is 18.2 Å². The molecule has 0 spiro atoms. The van der Waals surface area contributed by atoms with Crippen molar-refractivity contribution in [3.63, 3.8) is 0 Å². The fourth-order valence-electron chi connectivity index (χ4n) is 1.98. The molecule has 0 bridgehead atoms. The van der Waals surface area contributed by atoms with E-state index in [-0.39, 0.29) is 0 Å². The number of nitrogens with zero attached hydrogens (tertiary/aromatic N) is 1. The van der Waals surface area contributed by atoms with Crippen LogP contribution in [0, 0.1) is 6.92 Å². The van der Waals surface area contributed by atoms with Gasteiger partial charge in [0.1, 0.15) is 11.5 Å². The van der Waals surface area contributed by atoms with Crippen molar-refractivity contribution in [1.82, 2.24) is 10.2 Å². The monoisotopic (exact) mass is 260 g/mol. The largest absolute Gasteiger partial charge is 0.497 e. The molecule has 1 aromatic carbocycles. The van der Waals surface area contributed by atoms with E-state index in [0.717, 1.165) is 29.0 Å². The van der Waals surface area contributed by atoms with Gasteiger partial charge in [-0.3, -0.25) is 9.89 Å². The number of aromatic amines is 1. The fraction of sp³-hybridized carbons (Fsp3) is 0.286. The molecule has 0 atom stereocenters. The molecule has 19 heavy (non-hydrogen) atoms. The number of ether oxygens (including phenoxy) is 2. The maximum Gasteiger partial charge on any atom is 0.153 e. The quantitative estimate of drug-likeness (QED) is 0.836. The Hall–Kier alpha value is -2.30. The highest BCUT2D eigenvalue weighted by molar-refractivity contribution is 5.78. The van der Waals surface area contributed by atoms with E-state index in [1.165, 1.54) is 0 Å². The number of hydrogen-bond donors (Lipinski definition) is 1. The lowest BCUT2D eigenvalue weighted by Crippen LogP contribution is -1.98. The third kappa shape index (κ3) is 2.59. The summed E-state index contributed by atoms with van der Waals surface area (Å²) >= 11 is 0. The number of aromatic nitrogens is 2. The summed E-state index contributed by atoms with van der Waals surface area (Å²) in [6.07, 6.45) is 1.33. The number of rotatable bonds is 5. The molecule has 0 saturated heterocycles. The second-order valence-electron chi connectivity index (χ2n) is 4.18. The molecule has 0 amide bonds. The van der Waals surface area contributed by atoms with E-state index in [1.807, 2.05) is 25.1 Å². The molecule has 0 saturated carbocycles.